The number of anilines is 1. The molecule has 1 atom stereocenters. The Morgan fingerprint density at radius 3 is 2.65 bits per heavy atom. The molecule has 106 valence electrons. The van der Waals surface area contributed by atoms with Gasteiger partial charge in [-0.05, 0) is 43.2 Å². The summed E-state index contributed by atoms with van der Waals surface area (Å²) in [5.41, 5.74) is 9.39. The van der Waals surface area contributed by atoms with E-state index in [-0.39, 0.29) is 6.04 Å². The standard InChI is InChI=1S/C17H22N2O/c1-3-20-15-9-6-8-14(11-15)17(12-18)19-16-10-5-4-7-13(16)2/h4-11,17,19H,3,12,18H2,1-2H3. The normalized spacial score (nSPS) is 11.9. The molecule has 0 amide bonds. The van der Waals surface area contributed by atoms with E-state index >= 15 is 0 Å². The molecule has 3 N–H and O–H groups in total. The van der Waals surface area contributed by atoms with Crippen LogP contribution in [0.25, 0.3) is 0 Å². The summed E-state index contributed by atoms with van der Waals surface area (Å²) in [4.78, 5) is 0. The average molecular weight is 270 g/mol. The Morgan fingerprint density at radius 1 is 1.15 bits per heavy atom. The minimum absolute atomic E-state index is 0.0801. The van der Waals surface area contributed by atoms with Gasteiger partial charge in [-0.25, -0.2) is 0 Å². The number of hydrogen-bond donors (Lipinski definition) is 2. The first-order valence-corrected chi connectivity index (χ1v) is 6.99. The molecule has 0 aliphatic heterocycles. The highest BCUT2D eigenvalue weighted by atomic mass is 16.5. The first kappa shape index (κ1) is 14.4. The Hall–Kier alpha value is -2.00. The summed E-state index contributed by atoms with van der Waals surface area (Å²) in [6, 6.07) is 16.4. The second-order valence-corrected chi connectivity index (χ2v) is 4.75. The van der Waals surface area contributed by atoms with E-state index in [0.29, 0.717) is 13.2 Å². The van der Waals surface area contributed by atoms with Crippen LogP contribution < -0.4 is 15.8 Å². The molecule has 0 aliphatic carbocycles. The van der Waals surface area contributed by atoms with Crippen molar-refractivity contribution in [2.45, 2.75) is 19.9 Å². The van der Waals surface area contributed by atoms with E-state index < -0.39 is 0 Å². The van der Waals surface area contributed by atoms with Crippen LogP contribution in [-0.4, -0.2) is 13.2 Å². The van der Waals surface area contributed by atoms with E-state index in [1.807, 2.05) is 37.3 Å². The summed E-state index contributed by atoms with van der Waals surface area (Å²) in [5, 5.41) is 3.50. The first-order valence-electron chi connectivity index (χ1n) is 6.99. The van der Waals surface area contributed by atoms with Crippen molar-refractivity contribution in [3.63, 3.8) is 0 Å². The van der Waals surface area contributed by atoms with E-state index in [1.165, 1.54) is 5.56 Å². The molecule has 3 heteroatoms. The number of nitrogens with two attached hydrogens (primary N) is 1. The maximum atomic E-state index is 5.92. The van der Waals surface area contributed by atoms with Crippen LogP contribution in [0, 0.1) is 6.92 Å². The zero-order valence-corrected chi connectivity index (χ0v) is 12.1. The Morgan fingerprint density at radius 2 is 1.95 bits per heavy atom. The second-order valence-electron chi connectivity index (χ2n) is 4.75. The molecule has 3 nitrogen and oxygen atoms in total. The molecule has 2 aromatic carbocycles. The quantitative estimate of drug-likeness (QED) is 0.844. The fourth-order valence-electron chi connectivity index (χ4n) is 2.19. The Bertz CT molecular complexity index is 554. The molecule has 0 saturated heterocycles. The minimum atomic E-state index is 0.0801. The zero-order valence-electron chi connectivity index (χ0n) is 12.1. The monoisotopic (exact) mass is 270 g/mol. The molecule has 0 heterocycles. The van der Waals surface area contributed by atoms with Gasteiger partial charge in [0.15, 0.2) is 0 Å². The van der Waals surface area contributed by atoms with Crippen molar-refractivity contribution in [3.05, 3.63) is 59.7 Å². The Balaban J connectivity index is 2.20. The topological polar surface area (TPSA) is 47.3 Å². The van der Waals surface area contributed by atoms with Crippen LogP contribution in [0.5, 0.6) is 5.75 Å². The molecule has 20 heavy (non-hydrogen) atoms. The van der Waals surface area contributed by atoms with Gasteiger partial charge in [-0.2, -0.15) is 0 Å². The number of nitrogens with one attached hydrogen (secondary N) is 1. The van der Waals surface area contributed by atoms with Crippen molar-refractivity contribution in [1.82, 2.24) is 0 Å². The molecule has 0 aliphatic rings. The van der Waals surface area contributed by atoms with Crippen LogP contribution in [0.15, 0.2) is 48.5 Å². The van der Waals surface area contributed by atoms with Gasteiger partial charge in [-0.3, -0.25) is 0 Å². The molecule has 2 rings (SSSR count). The zero-order chi connectivity index (χ0) is 14.4. The van der Waals surface area contributed by atoms with E-state index in [4.69, 9.17) is 10.5 Å². The van der Waals surface area contributed by atoms with E-state index in [0.717, 1.165) is 17.0 Å². The maximum absolute atomic E-state index is 5.92. The van der Waals surface area contributed by atoms with Gasteiger partial charge in [0.2, 0.25) is 0 Å². The predicted octanol–water partition coefficient (Wildman–Crippen LogP) is 3.51. The van der Waals surface area contributed by atoms with Crippen LogP contribution in [0.2, 0.25) is 0 Å². The van der Waals surface area contributed by atoms with Gasteiger partial charge in [0.1, 0.15) is 5.75 Å². The molecule has 0 bridgehead atoms. The molecule has 0 radical (unpaired) electrons. The molecule has 2 aromatic rings. The summed E-state index contributed by atoms with van der Waals surface area (Å²) in [7, 11) is 0. The maximum Gasteiger partial charge on any atom is 0.119 e. The minimum Gasteiger partial charge on any atom is -0.494 e. The number of benzene rings is 2. The molecule has 0 fully saturated rings. The number of ether oxygens (including phenoxy) is 1. The number of hydrogen-bond acceptors (Lipinski definition) is 3. The average Bonchev–Trinajstić information content (AvgIpc) is 2.47. The van der Waals surface area contributed by atoms with E-state index in [1.54, 1.807) is 0 Å². The van der Waals surface area contributed by atoms with Crippen LogP contribution in [-0.2, 0) is 0 Å². The summed E-state index contributed by atoms with van der Waals surface area (Å²) < 4.78 is 5.55. The fraction of sp³-hybridized carbons (Fsp3) is 0.294. The highest BCUT2D eigenvalue weighted by molar-refractivity contribution is 5.52. The highest BCUT2D eigenvalue weighted by Gasteiger charge is 2.11. The van der Waals surface area contributed by atoms with E-state index in [9.17, 15) is 0 Å². The van der Waals surface area contributed by atoms with Crippen LogP contribution in [0.3, 0.4) is 0 Å². The third-order valence-corrected chi connectivity index (χ3v) is 3.28. The van der Waals surface area contributed by atoms with Crippen LogP contribution in [0.1, 0.15) is 24.1 Å². The van der Waals surface area contributed by atoms with Crippen molar-refractivity contribution in [3.8, 4) is 5.75 Å². The smallest absolute Gasteiger partial charge is 0.119 e. The second kappa shape index (κ2) is 6.96. The number of rotatable bonds is 6. The van der Waals surface area contributed by atoms with E-state index in [2.05, 4.69) is 30.4 Å². The van der Waals surface area contributed by atoms with Gasteiger partial charge in [0.25, 0.3) is 0 Å². The molecular formula is C17H22N2O. The molecule has 0 saturated carbocycles. The van der Waals surface area contributed by atoms with Gasteiger partial charge in [-0.1, -0.05) is 30.3 Å². The highest BCUT2D eigenvalue weighted by Crippen LogP contribution is 2.24. The van der Waals surface area contributed by atoms with Crippen molar-refractivity contribution in [2.24, 2.45) is 5.73 Å². The van der Waals surface area contributed by atoms with Crippen molar-refractivity contribution < 1.29 is 4.74 Å². The SMILES string of the molecule is CCOc1cccc(C(CN)Nc2ccccc2C)c1. The van der Waals surface area contributed by atoms with Crippen molar-refractivity contribution >= 4 is 5.69 Å². The first-order chi connectivity index (χ1) is 9.74. The van der Waals surface area contributed by atoms with Gasteiger partial charge in [-0.15, -0.1) is 0 Å². The third-order valence-electron chi connectivity index (χ3n) is 3.28. The Labute approximate surface area is 120 Å². The lowest BCUT2D eigenvalue weighted by Crippen LogP contribution is -2.21. The summed E-state index contributed by atoms with van der Waals surface area (Å²) >= 11 is 0. The lowest BCUT2D eigenvalue weighted by Gasteiger charge is -2.20. The lowest BCUT2D eigenvalue weighted by molar-refractivity contribution is 0.339. The molecule has 0 spiro atoms. The number of para-hydroxylation sites is 1. The largest absolute Gasteiger partial charge is 0.494 e. The summed E-state index contributed by atoms with van der Waals surface area (Å²) in [5.74, 6) is 0.884. The molecule has 1 unspecified atom stereocenters. The Kier molecular flexibility index (Phi) is 5.02. The third kappa shape index (κ3) is 3.52. The molecular weight excluding hydrogens is 248 g/mol. The van der Waals surface area contributed by atoms with Crippen LogP contribution in [0.4, 0.5) is 5.69 Å². The molecule has 0 aromatic heterocycles. The summed E-state index contributed by atoms with van der Waals surface area (Å²) in [6.07, 6.45) is 0. The lowest BCUT2D eigenvalue weighted by atomic mass is 10.1. The van der Waals surface area contributed by atoms with Gasteiger partial charge in [0.05, 0.1) is 12.6 Å². The fourth-order valence-corrected chi connectivity index (χ4v) is 2.19. The van der Waals surface area contributed by atoms with Crippen LogP contribution >= 0.6 is 0 Å². The van der Waals surface area contributed by atoms with Gasteiger partial charge in [0, 0.05) is 12.2 Å². The van der Waals surface area contributed by atoms with Crippen molar-refractivity contribution in [1.29, 1.82) is 0 Å². The number of aryl methyl sites for hydroxylation is 1. The summed E-state index contributed by atoms with van der Waals surface area (Å²) in [6.45, 7) is 5.27. The van der Waals surface area contributed by atoms with Gasteiger partial charge < -0.3 is 15.8 Å². The predicted molar refractivity (Wildman–Crippen MR) is 84.2 cm³/mol. The van der Waals surface area contributed by atoms with Gasteiger partial charge >= 0.3 is 0 Å². The van der Waals surface area contributed by atoms with Crippen molar-refractivity contribution in [2.75, 3.05) is 18.5 Å².